The van der Waals surface area contributed by atoms with Gasteiger partial charge in [0.1, 0.15) is 0 Å². The summed E-state index contributed by atoms with van der Waals surface area (Å²) in [7, 11) is 0. The molecule has 0 unspecified atom stereocenters. The molecule has 0 radical (unpaired) electrons. The fraction of sp³-hybridized carbons (Fsp3) is 0.909. The van der Waals surface area contributed by atoms with Gasteiger partial charge >= 0.3 is 12.7 Å². The summed E-state index contributed by atoms with van der Waals surface area (Å²) in [5, 5.41) is 0. The monoisotopic (exact) mass is 298 g/mol. The summed E-state index contributed by atoms with van der Waals surface area (Å²) in [5.41, 5.74) is 0. The Labute approximate surface area is 114 Å². The Hall–Kier alpha value is -0.0000000000000000833. The Morgan fingerprint density at radius 2 is 1.78 bits per heavy atom. The van der Waals surface area contributed by atoms with E-state index < -0.39 is 6.72 Å². The van der Waals surface area contributed by atoms with Gasteiger partial charge in [-0.2, -0.15) is 0 Å². The first-order valence-electron chi connectivity index (χ1n) is 6.31. The van der Waals surface area contributed by atoms with Crippen molar-refractivity contribution >= 4 is 24.5 Å². The molecular weight excluding hydrogens is 275 g/mol. The van der Waals surface area contributed by atoms with Crippen LogP contribution in [0.3, 0.4) is 0 Å². The molecule has 0 aliphatic rings. The van der Waals surface area contributed by atoms with Crippen LogP contribution in [0.1, 0.15) is 51.9 Å². The molecule has 0 aliphatic heterocycles. The van der Waals surface area contributed by atoms with Gasteiger partial charge in [-0.05, 0) is 18.2 Å². The molecular formula is C11H23O5PS. The highest BCUT2D eigenvalue weighted by molar-refractivity contribution is 8.06. The van der Waals surface area contributed by atoms with E-state index in [9.17, 15) is 4.79 Å². The van der Waals surface area contributed by atoms with Crippen molar-refractivity contribution in [1.29, 1.82) is 0 Å². The molecule has 0 aliphatic carbocycles. The first kappa shape index (κ1) is 18.0. The number of hydrogen-bond acceptors (Lipinski definition) is 4. The van der Waals surface area contributed by atoms with Gasteiger partial charge in [0.2, 0.25) is 0 Å². The number of rotatable bonds is 11. The summed E-state index contributed by atoms with van der Waals surface area (Å²) in [6.07, 6.45) is 6.35. The lowest BCUT2D eigenvalue weighted by atomic mass is 10.1. The Kier molecular flexibility index (Phi) is 10.9. The van der Waals surface area contributed by atoms with Crippen molar-refractivity contribution in [1.82, 2.24) is 0 Å². The first-order valence-corrected chi connectivity index (χ1v) is 8.94. The highest BCUT2D eigenvalue weighted by Crippen LogP contribution is 2.36. The van der Waals surface area contributed by atoms with Crippen molar-refractivity contribution in [2.45, 2.75) is 51.9 Å². The molecule has 0 spiro atoms. The topological polar surface area (TPSA) is 76.0 Å². The lowest BCUT2D eigenvalue weighted by Crippen LogP contribution is -2.07. The lowest BCUT2D eigenvalue weighted by molar-refractivity contribution is -0.144. The number of carbonyl (C=O) groups is 1. The molecule has 18 heavy (non-hydrogen) atoms. The number of carbonyl (C=O) groups excluding carboxylic acids is 1. The molecule has 0 bridgehead atoms. The summed E-state index contributed by atoms with van der Waals surface area (Å²) in [5.74, 6) is -0.209. The minimum absolute atomic E-state index is 0.0913. The highest BCUT2D eigenvalue weighted by Gasteiger charge is 2.07. The molecule has 0 atom stereocenters. The normalized spacial score (nSPS) is 11.5. The van der Waals surface area contributed by atoms with Crippen LogP contribution in [0.15, 0.2) is 0 Å². The fourth-order valence-electron chi connectivity index (χ4n) is 1.37. The average molecular weight is 298 g/mol. The zero-order chi connectivity index (χ0) is 13.9. The molecule has 0 aromatic rings. The van der Waals surface area contributed by atoms with E-state index in [4.69, 9.17) is 14.5 Å². The molecule has 0 aromatic carbocycles. The van der Waals surface area contributed by atoms with E-state index in [1.807, 2.05) is 0 Å². The second-order valence-corrected chi connectivity index (χ2v) is 6.73. The van der Waals surface area contributed by atoms with Crippen molar-refractivity contribution in [2.24, 2.45) is 0 Å². The Balaban J connectivity index is 3.30. The van der Waals surface area contributed by atoms with Crippen LogP contribution in [-0.2, 0) is 25.9 Å². The molecule has 0 heterocycles. The predicted molar refractivity (Wildman–Crippen MR) is 73.6 cm³/mol. The predicted octanol–water partition coefficient (Wildman–Crippen LogP) is 2.51. The van der Waals surface area contributed by atoms with Crippen LogP contribution in [0.4, 0.5) is 0 Å². The number of ether oxygens (including phenoxy) is 1. The van der Waals surface area contributed by atoms with Crippen LogP contribution in [0.2, 0.25) is 0 Å². The van der Waals surface area contributed by atoms with E-state index in [1.54, 1.807) is 0 Å². The number of unbranched alkanes of at least 4 members (excludes halogenated alkanes) is 4. The van der Waals surface area contributed by atoms with Crippen molar-refractivity contribution in [3.63, 3.8) is 0 Å². The lowest BCUT2D eigenvalue weighted by Gasteiger charge is -2.08. The molecule has 7 heteroatoms. The van der Waals surface area contributed by atoms with Gasteiger partial charge in [-0.3, -0.25) is 4.79 Å². The van der Waals surface area contributed by atoms with Crippen molar-refractivity contribution in [3.05, 3.63) is 0 Å². The summed E-state index contributed by atoms with van der Waals surface area (Å²) < 4.78 is 9.54. The summed E-state index contributed by atoms with van der Waals surface area (Å²) >= 11 is 4.27. The zero-order valence-corrected chi connectivity index (χ0v) is 12.5. The molecule has 2 N–H and O–H groups in total. The minimum Gasteiger partial charge on any atom is -0.466 e. The SMILES string of the molecule is CCCCCCCC(=O)OCCCOP(O)(O)=S. The van der Waals surface area contributed by atoms with Crippen LogP contribution >= 0.6 is 6.72 Å². The van der Waals surface area contributed by atoms with Gasteiger partial charge in [0.25, 0.3) is 0 Å². The third-order valence-electron chi connectivity index (χ3n) is 2.30. The van der Waals surface area contributed by atoms with Gasteiger partial charge in [-0.15, -0.1) is 0 Å². The Bertz CT molecular complexity index is 266. The molecule has 0 rings (SSSR count). The molecule has 108 valence electrons. The van der Waals surface area contributed by atoms with Gasteiger partial charge in [-0.1, -0.05) is 32.6 Å². The van der Waals surface area contributed by atoms with E-state index in [0.29, 0.717) is 12.8 Å². The van der Waals surface area contributed by atoms with Gasteiger partial charge in [0, 0.05) is 12.8 Å². The zero-order valence-electron chi connectivity index (χ0n) is 10.8. The van der Waals surface area contributed by atoms with Gasteiger partial charge < -0.3 is 19.0 Å². The molecule has 0 amide bonds. The van der Waals surface area contributed by atoms with Crippen molar-refractivity contribution in [3.8, 4) is 0 Å². The van der Waals surface area contributed by atoms with E-state index in [0.717, 1.165) is 19.3 Å². The largest absolute Gasteiger partial charge is 0.466 e. The van der Waals surface area contributed by atoms with Crippen LogP contribution < -0.4 is 0 Å². The van der Waals surface area contributed by atoms with E-state index in [2.05, 4.69) is 23.3 Å². The third-order valence-corrected chi connectivity index (χ3v) is 3.13. The Morgan fingerprint density at radius 3 is 2.39 bits per heavy atom. The highest BCUT2D eigenvalue weighted by atomic mass is 32.5. The second kappa shape index (κ2) is 10.9. The van der Waals surface area contributed by atoms with Gasteiger partial charge in [0.05, 0.1) is 13.2 Å². The summed E-state index contributed by atoms with van der Waals surface area (Å²) in [4.78, 5) is 28.8. The maximum Gasteiger partial charge on any atom is 0.321 e. The van der Waals surface area contributed by atoms with Crippen molar-refractivity contribution in [2.75, 3.05) is 13.2 Å². The van der Waals surface area contributed by atoms with Gasteiger partial charge in [0.15, 0.2) is 0 Å². The smallest absolute Gasteiger partial charge is 0.321 e. The molecule has 0 fully saturated rings. The fourth-order valence-corrected chi connectivity index (χ4v) is 1.96. The average Bonchev–Trinajstić information content (AvgIpc) is 2.27. The molecule has 5 nitrogen and oxygen atoms in total. The number of hydrogen-bond donors (Lipinski definition) is 2. The molecule has 0 saturated carbocycles. The van der Waals surface area contributed by atoms with E-state index in [-0.39, 0.29) is 19.2 Å². The van der Waals surface area contributed by atoms with Crippen LogP contribution in [0, 0.1) is 0 Å². The van der Waals surface area contributed by atoms with E-state index in [1.165, 1.54) is 12.8 Å². The standard InChI is InChI=1S/C11H23O5PS/c1-2-3-4-5-6-8-11(12)15-9-7-10-16-17(13,14)18/h2-10H2,1H3,(H2,13,14,18). The maximum atomic E-state index is 11.3. The van der Waals surface area contributed by atoms with Crippen molar-refractivity contribution < 1.29 is 23.8 Å². The number of esters is 1. The summed E-state index contributed by atoms with van der Waals surface area (Å²) in [6, 6.07) is 0. The first-order chi connectivity index (χ1) is 8.45. The third kappa shape index (κ3) is 14.1. The van der Waals surface area contributed by atoms with Gasteiger partial charge in [-0.25, -0.2) is 0 Å². The maximum absolute atomic E-state index is 11.3. The van der Waals surface area contributed by atoms with Crippen LogP contribution in [0.25, 0.3) is 0 Å². The summed E-state index contributed by atoms with van der Waals surface area (Å²) in [6.45, 7) is -1.10. The molecule has 0 aromatic heterocycles. The second-order valence-electron chi connectivity index (χ2n) is 4.06. The Morgan fingerprint density at radius 1 is 1.11 bits per heavy atom. The molecule has 0 saturated heterocycles. The quantitative estimate of drug-likeness (QED) is 0.347. The minimum atomic E-state index is -3.57. The van der Waals surface area contributed by atoms with Crippen LogP contribution in [-0.4, -0.2) is 29.0 Å². The van der Waals surface area contributed by atoms with Crippen LogP contribution in [0.5, 0.6) is 0 Å². The van der Waals surface area contributed by atoms with E-state index >= 15 is 0 Å².